The Bertz CT molecular complexity index is 1590. The van der Waals surface area contributed by atoms with Crippen molar-refractivity contribution in [2.75, 3.05) is 47.5 Å². The molecule has 2 unspecified atom stereocenters. The number of ether oxygens (including phenoxy) is 2. The number of phosphoric acid groups is 1. The number of carbonyl (C=O) groups excluding carboxylic acids is 2. The molecule has 70 heavy (non-hydrogen) atoms. The molecule has 0 bridgehead atoms. The van der Waals surface area contributed by atoms with Gasteiger partial charge in [-0.15, -0.1) is 0 Å². The third kappa shape index (κ3) is 53.8. The summed E-state index contributed by atoms with van der Waals surface area (Å²) in [6, 6.07) is 0. The van der Waals surface area contributed by atoms with Gasteiger partial charge in [0.25, 0.3) is 7.82 Å². The van der Waals surface area contributed by atoms with Crippen molar-refractivity contribution in [2.45, 2.75) is 200 Å². The minimum Gasteiger partial charge on any atom is -0.756 e. The van der Waals surface area contributed by atoms with E-state index in [4.69, 9.17) is 18.5 Å². The van der Waals surface area contributed by atoms with E-state index in [-0.39, 0.29) is 26.1 Å². The van der Waals surface area contributed by atoms with Crippen LogP contribution in [0.25, 0.3) is 0 Å². The van der Waals surface area contributed by atoms with Gasteiger partial charge >= 0.3 is 11.9 Å². The second-order valence-corrected chi connectivity index (χ2v) is 20.2. The first kappa shape index (κ1) is 66.4. The van der Waals surface area contributed by atoms with Crippen molar-refractivity contribution in [2.24, 2.45) is 0 Å². The number of hydrogen-bond donors (Lipinski definition) is 0. The lowest BCUT2D eigenvalue weighted by atomic mass is 10.1. The Morgan fingerprint density at radius 2 is 0.771 bits per heavy atom. The Hall–Kier alpha value is -3.59. The van der Waals surface area contributed by atoms with Crippen molar-refractivity contribution in [3.63, 3.8) is 0 Å². The average Bonchev–Trinajstić information content (AvgIpc) is 3.32. The van der Waals surface area contributed by atoms with Gasteiger partial charge in [-0.25, -0.2) is 0 Å². The third-order valence-electron chi connectivity index (χ3n) is 11.0. The van der Waals surface area contributed by atoms with Crippen LogP contribution in [0.1, 0.15) is 194 Å². The molecule has 10 heteroatoms. The summed E-state index contributed by atoms with van der Waals surface area (Å²) in [5.41, 5.74) is 0. The normalized spacial score (nSPS) is 14.3. The highest BCUT2D eigenvalue weighted by atomic mass is 31.2. The predicted molar refractivity (Wildman–Crippen MR) is 295 cm³/mol. The molecular formula is C60H100NO8P. The summed E-state index contributed by atoms with van der Waals surface area (Å²) in [5, 5.41) is 0. The molecule has 0 saturated heterocycles. The van der Waals surface area contributed by atoms with Crippen molar-refractivity contribution in [3.8, 4) is 0 Å². The molecule has 0 aromatic rings. The minimum atomic E-state index is -4.65. The van der Waals surface area contributed by atoms with Gasteiger partial charge in [0.1, 0.15) is 19.8 Å². The zero-order valence-corrected chi connectivity index (χ0v) is 45.8. The van der Waals surface area contributed by atoms with Gasteiger partial charge in [0.2, 0.25) is 0 Å². The van der Waals surface area contributed by atoms with Crippen molar-refractivity contribution in [1.29, 1.82) is 0 Å². The van der Waals surface area contributed by atoms with Crippen molar-refractivity contribution in [3.05, 3.63) is 122 Å². The van der Waals surface area contributed by atoms with Gasteiger partial charge in [-0.05, 0) is 103 Å². The molecule has 0 aromatic heterocycles. The van der Waals surface area contributed by atoms with Crippen LogP contribution in [0.4, 0.5) is 0 Å². The molecule has 0 heterocycles. The van der Waals surface area contributed by atoms with Crippen molar-refractivity contribution >= 4 is 19.8 Å². The number of carbonyl (C=O) groups is 2. The van der Waals surface area contributed by atoms with Gasteiger partial charge in [-0.1, -0.05) is 200 Å². The van der Waals surface area contributed by atoms with Crippen LogP contribution < -0.4 is 4.89 Å². The molecule has 0 aromatic carbocycles. The molecule has 0 spiro atoms. The van der Waals surface area contributed by atoms with E-state index in [1.807, 2.05) is 21.1 Å². The topological polar surface area (TPSA) is 111 Å². The summed E-state index contributed by atoms with van der Waals surface area (Å²) in [6.07, 6.45) is 70.8. The molecule has 0 fully saturated rings. The summed E-state index contributed by atoms with van der Waals surface area (Å²) in [4.78, 5) is 37.8. The number of esters is 2. The number of quaternary nitrogens is 1. The molecule has 0 amide bonds. The van der Waals surface area contributed by atoms with Gasteiger partial charge in [0, 0.05) is 12.8 Å². The standard InChI is InChI=1S/C60H100NO8P/c1-6-8-10-12-14-16-18-20-22-24-26-28-29-30-31-33-35-37-39-41-43-45-47-49-51-53-60(63)69-58(57-68-70(64,65)67-55-54-61(3,4)5)56-66-59(62)52-50-48-46-44-42-40-38-36-34-32-27-25-23-21-19-17-15-13-11-9-7-2/h8-11,14-17,20-23,26-28,30-32,36,38,58H,6-7,12-13,18-19,24-25,29,33-35,37,39-57H2,1-5H3/b10-8-,11-9-,16-14-,17-15-,22-20-,23-21-,28-26-,31-30-,32-27-,38-36-. The SMILES string of the molecule is CC/C=C\C/C=C\C/C=C\C/C=C\C/C=C\CCCCCCCCCCCC(=O)OC(COC(=O)CCCCCCC/C=C\C/C=C\C/C=C\C/C=C\C/C=C\CC)COP(=O)([O-])OCC[N+](C)(C)C. The van der Waals surface area contributed by atoms with E-state index in [0.29, 0.717) is 23.9 Å². The van der Waals surface area contributed by atoms with E-state index < -0.39 is 32.5 Å². The molecule has 0 radical (unpaired) electrons. The van der Waals surface area contributed by atoms with E-state index >= 15 is 0 Å². The number of rotatable bonds is 48. The van der Waals surface area contributed by atoms with Crippen LogP contribution in [0.2, 0.25) is 0 Å². The highest BCUT2D eigenvalue weighted by Crippen LogP contribution is 2.38. The Morgan fingerprint density at radius 3 is 1.14 bits per heavy atom. The van der Waals surface area contributed by atoms with Gasteiger partial charge in [-0.2, -0.15) is 0 Å². The Balaban J connectivity index is 4.29. The van der Waals surface area contributed by atoms with E-state index in [9.17, 15) is 19.0 Å². The molecular weight excluding hydrogens is 894 g/mol. The number of likely N-dealkylation sites (N-methyl/N-ethyl adjacent to an activating group) is 1. The summed E-state index contributed by atoms with van der Waals surface area (Å²) >= 11 is 0. The van der Waals surface area contributed by atoms with Gasteiger partial charge in [-0.3, -0.25) is 14.2 Å². The summed E-state index contributed by atoms with van der Waals surface area (Å²) in [6.45, 7) is 3.96. The van der Waals surface area contributed by atoms with Crippen molar-refractivity contribution in [1.82, 2.24) is 0 Å². The highest BCUT2D eigenvalue weighted by Gasteiger charge is 2.21. The average molecular weight is 994 g/mol. The Labute approximate surface area is 428 Å². The first-order chi connectivity index (χ1) is 34.0. The maximum atomic E-state index is 12.8. The van der Waals surface area contributed by atoms with Crippen LogP contribution in [0.3, 0.4) is 0 Å². The second-order valence-electron chi connectivity index (χ2n) is 18.8. The molecule has 0 N–H and O–H groups in total. The lowest BCUT2D eigenvalue weighted by molar-refractivity contribution is -0.870. The lowest BCUT2D eigenvalue weighted by Gasteiger charge is -2.28. The fourth-order valence-corrected chi connectivity index (χ4v) is 7.55. The number of nitrogens with zero attached hydrogens (tertiary/aromatic N) is 1. The number of phosphoric ester groups is 1. The Morgan fingerprint density at radius 1 is 0.443 bits per heavy atom. The second kappa shape index (κ2) is 50.4. The molecule has 0 saturated carbocycles. The summed E-state index contributed by atoms with van der Waals surface area (Å²) in [7, 11) is 1.13. The lowest BCUT2D eigenvalue weighted by Crippen LogP contribution is -2.37. The first-order valence-corrected chi connectivity index (χ1v) is 28.7. The Kier molecular flexibility index (Phi) is 47.8. The van der Waals surface area contributed by atoms with Crippen LogP contribution in [-0.4, -0.2) is 70.0 Å². The highest BCUT2D eigenvalue weighted by molar-refractivity contribution is 7.45. The van der Waals surface area contributed by atoms with Gasteiger partial charge in [0.05, 0.1) is 27.7 Å². The van der Waals surface area contributed by atoms with Gasteiger partial charge < -0.3 is 27.9 Å². The van der Waals surface area contributed by atoms with E-state index in [1.54, 1.807) is 0 Å². The number of unbranched alkanes of at least 4 members (excludes halogenated alkanes) is 14. The van der Waals surface area contributed by atoms with E-state index in [2.05, 4.69) is 135 Å². The molecule has 0 rings (SSSR count). The fraction of sp³-hybridized carbons (Fsp3) is 0.633. The molecule has 9 nitrogen and oxygen atoms in total. The minimum absolute atomic E-state index is 0.0428. The molecule has 0 aliphatic rings. The van der Waals surface area contributed by atoms with Crippen LogP contribution in [-0.2, 0) is 32.7 Å². The number of allylic oxidation sites excluding steroid dienone is 20. The zero-order valence-electron chi connectivity index (χ0n) is 44.9. The monoisotopic (exact) mass is 994 g/mol. The predicted octanol–water partition coefficient (Wildman–Crippen LogP) is 16.2. The zero-order chi connectivity index (χ0) is 51.3. The van der Waals surface area contributed by atoms with Crippen LogP contribution in [0.5, 0.6) is 0 Å². The largest absolute Gasteiger partial charge is 0.756 e. The van der Waals surface area contributed by atoms with Crippen molar-refractivity contribution < 1.29 is 42.1 Å². The van der Waals surface area contributed by atoms with Crippen LogP contribution >= 0.6 is 7.82 Å². The van der Waals surface area contributed by atoms with E-state index in [0.717, 1.165) is 122 Å². The first-order valence-electron chi connectivity index (χ1n) is 27.2. The molecule has 0 aliphatic heterocycles. The number of hydrogen-bond acceptors (Lipinski definition) is 8. The molecule has 398 valence electrons. The fourth-order valence-electron chi connectivity index (χ4n) is 6.83. The maximum absolute atomic E-state index is 12.8. The summed E-state index contributed by atoms with van der Waals surface area (Å²) in [5.74, 6) is -0.872. The van der Waals surface area contributed by atoms with Crippen LogP contribution in [0.15, 0.2) is 122 Å². The maximum Gasteiger partial charge on any atom is 0.306 e. The molecule has 0 aliphatic carbocycles. The quantitative estimate of drug-likeness (QED) is 0.0195. The third-order valence-corrected chi connectivity index (χ3v) is 11.9. The molecule has 2 atom stereocenters. The van der Waals surface area contributed by atoms with Crippen LogP contribution in [0, 0.1) is 0 Å². The van der Waals surface area contributed by atoms with E-state index in [1.165, 1.54) is 32.1 Å². The smallest absolute Gasteiger partial charge is 0.306 e. The summed E-state index contributed by atoms with van der Waals surface area (Å²) < 4.78 is 34.1. The van der Waals surface area contributed by atoms with Gasteiger partial charge in [0.15, 0.2) is 6.10 Å².